The van der Waals surface area contributed by atoms with Crippen molar-refractivity contribution in [2.75, 3.05) is 26.7 Å². The third-order valence-electron chi connectivity index (χ3n) is 3.10. The summed E-state index contributed by atoms with van der Waals surface area (Å²) in [4.78, 5) is 13.3. The Morgan fingerprint density at radius 2 is 2.38 bits per heavy atom. The highest BCUT2D eigenvalue weighted by Crippen LogP contribution is 2.24. The molecule has 0 aliphatic carbocycles. The van der Waals surface area contributed by atoms with Crippen LogP contribution in [0.5, 0.6) is 0 Å². The van der Waals surface area contributed by atoms with Crippen molar-refractivity contribution in [3.8, 4) is 0 Å². The van der Waals surface area contributed by atoms with Crippen molar-refractivity contribution in [3.63, 3.8) is 0 Å². The maximum absolute atomic E-state index is 11.3. The smallest absolute Gasteiger partial charge is 0.317 e. The van der Waals surface area contributed by atoms with Crippen LogP contribution in [0.2, 0.25) is 0 Å². The molecule has 2 saturated heterocycles. The van der Waals surface area contributed by atoms with Crippen molar-refractivity contribution >= 4 is 6.03 Å². The number of rotatable bonds is 0. The molecule has 0 radical (unpaired) electrons. The molecule has 2 atom stereocenters. The normalized spacial score (nSPS) is 32.8. The minimum absolute atomic E-state index is 0.0659. The molecule has 2 fully saturated rings. The van der Waals surface area contributed by atoms with E-state index in [0.29, 0.717) is 12.0 Å². The zero-order valence-electron chi connectivity index (χ0n) is 8.05. The van der Waals surface area contributed by atoms with Crippen LogP contribution in [-0.4, -0.2) is 43.7 Å². The average Bonchev–Trinajstić information content (AvgIpc) is 2.59. The molecule has 0 saturated carbocycles. The van der Waals surface area contributed by atoms with Crippen LogP contribution in [-0.2, 0) is 0 Å². The van der Waals surface area contributed by atoms with Crippen molar-refractivity contribution in [2.24, 2.45) is 5.92 Å². The van der Waals surface area contributed by atoms with E-state index in [0.717, 1.165) is 19.6 Å². The molecule has 0 spiro atoms. The van der Waals surface area contributed by atoms with Crippen molar-refractivity contribution in [1.29, 1.82) is 0 Å². The predicted molar refractivity (Wildman–Crippen MR) is 50.5 cm³/mol. The van der Waals surface area contributed by atoms with Gasteiger partial charge in [-0.1, -0.05) is 0 Å². The van der Waals surface area contributed by atoms with Crippen LogP contribution in [0, 0.1) is 5.92 Å². The summed E-state index contributed by atoms with van der Waals surface area (Å²) in [5.41, 5.74) is 0. The lowest BCUT2D eigenvalue weighted by molar-refractivity contribution is 0.209. The molecule has 2 aliphatic heterocycles. The first-order valence-electron chi connectivity index (χ1n) is 5.01. The van der Waals surface area contributed by atoms with E-state index in [1.54, 1.807) is 7.05 Å². The largest absolute Gasteiger partial charge is 0.341 e. The van der Waals surface area contributed by atoms with Gasteiger partial charge in [-0.2, -0.15) is 0 Å². The van der Waals surface area contributed by atoms with Crippen molar-refractivity contribution in [1.82, 2.24) is 15.5 Å². The monoisotopic (exact) mass is 183 g/mol. The van der Waals surface area contributed by atoms with Crippen LogP contribution < -0.4 is 10.6 Å². The quantitative estimate of drug-likeness (QED) is 0.555. The van der Waals surface area contributed by atoms with Gasteiger partial charge >= 0.3 is 6.03 Å². The van der Waals surface area contributed by atoms with Gasteiger partial charge in [-0.3, -0.25) is 0 Å². The van der Waals surface area contributed by atoms with Gasteiger partial charge in [0.1, 0.15) is 0 Å². The van der Waals surface area contributed by atoms with Gasteiger partial charge in [0.25, 0.3) is 0 Å². The molecule has 0 unspecified atom stereocenters. The fourth-order valence-corrected chi connectivity index (χ4v) is 2.37. The summed E-state index contributed by atoms with van der Waals surface area (Å²) < 4.78 is 0. The van der Waals surface area contributed by atoms with E-state index in [-0.39, 0.29) is 6.03 Å². The number of carbonyl (C=O) groups excluding carboxylic acids is 1. The van der Waals surface area contributed by atoms with Gasteiger partial charge in [-0.05, 0) is 25.3 Å². The predicted octanol–water partition coefficient (Wildman–Crippen LogP) is 0.00960. The molecule has 4 heteroatoms. The highest BCUT2D eigenvalue weighted by molar-refractivity contribution is 5.74. The minimum atomic E-state index is 0.0659. The van der Waals surface area contributed by atoms with Crippen molar-refractivity contribution in [2.45, 2.75) is 18.9 Å². The van der Waals surface area contributed by atoms with Crippen LogP contribution in [0.1, 0.15) is 12.8 Å². The third-order valence-corrected chi connectivity index (χ3v) is 3.10. The first kappa shape index (κ1) is 8.81. The van der Waals surface area contributed by atoms with Crippen LogP contribution in [0.4, 0.5) is 4.79 Å². The fraction of sp³-hybridized carbons (Fsp3) is 0.889. The van der Waals surface area contributed by atoms with E-state index >= 15 is 0 Å². The fourth-order valence-electron chi connectivity index (χ4n) is 2.37. The molecule has 2 aliphatic rings. The molecule has 13 heavy (non-hydrogen) atoms. The number of carbonyl (C=O) groups is 1. The highest BCUT2D eigenvalue weighted by atomic mass is 16.2. The zero-order chi connectivity index (χ0) is 9.26. The van der Waals surface area contributed by atoms with Gasteiger partial charge < -0.3 is 15.5 Å². The van der Waals surface area contributed by atoms with Crippen LogP contribution >= 0.6 is 0 Å². The Kier molecular flexibility index (Phi) is 2.40. The number of likely N-dealkylation sites (tertiary alicyclic amines) is 1. The number of hydrogen-bond donors (Lipinski definition) is 2. The summed E-state index contributed by atoms with van der Waals surface area (Å²) in [7, 11) is 1.69. The van der Waals surface area contributed by atoms with Crippen LogP contribution in [0.15, 0.2) is 0 Å². The molecule has 0 aromatic carbocycles. The van der Waals surface area contributed by atoms with E-state index in [1.807, 2.05) is 4.90 Å². The molecular weight excluding hydrogens is 166 g/mol. The van der Waals surface area contributed by atoms with E-state index in [9.17, 15) is 4.79 Å². The van der Waals surface area contributed by atoms with E-state index in [1.165, 1.54) is 12.8 Å². The van der Waals surface area contributed by atoms with E-state index in [2.05, 4.69) is 10.6 Å². The Labute approximate surface area is 78.7 Å². The summed E-state index contributed by atoms with van der Waals surface area (Å²) in [5, 5.41) is 6.14. The van der Waals surface area contributed by atoms with Gasteiger partial charge in [0.05, 0.1) is 0 Å². The number of hydrogen-bond acceptors (Lipinski definition) is 2. The van der Waals surface area contributed by atoms with Gasteiger partial charge in [0.15, 0.2) is 0 Å². The highest BCUT2D eigenvalue weighted by Gasteiger charge is 2.35. The third kappa shape index (κ3) is 1.63. The molecule has 2 rings (SSSR count). The molecule has 74 valence electrons. The lowest BCUT2D eigenvalue weighted by Gasteiger charge is -2.24. The molecule has 0 aromatic rings. The van der Waals surface area contributed by atoms with E-state index < -0.39 is 0 Å². The SMILES string of the molecule is CNC(=O)N1C[C@@H]2CCCN[C@@H]2C1. The first-order chi connectivity index (χ1) is 6.31. The molecular formula is C9H17N3O. The molecule has 0 bridgehead atoms. The second kappa shape index (κ2) is 3.54. The van der Waals surface area contributed by atoms with Gasteiger partial charge in [-0.25, -0.2) is 4.79 Å². The van der Waals surface area contributed by atoms with Gasteiger partial charge in [0.2, 0.25) is 0 Å². The first-order valence-corrected chi connectivity index (χ1v) is 5.01. The lowest BCUT2D eigenvalue weighted by atomic mass is 9.94. The number of piperidine rings is 1. The lowest BCUT2D eigenvalue weighted by Crippen LogP contribution is -2.41. The molecule has 2 heterocycles. The molecule has 2 N–H and O–H groups in total. The average molecular weight is 183 g/mol. The van der Waals surface area contributed by atoms with Gasteiger partial charge in [0, 0.05) is 26.2 Å². The number of amides is 2. The summed E-state index contributed by atoms with van der Waals surface area (Å²) in [5.74, 6) is 0.686. The second-order valence-electron chi connectivity index (χ2n) is 3.92. The molecule has 2 amide bonds. The van der Waals surface area contributed by atoms with Gasteiger partial charge in [-0.15, -0.1) is 0 Å². The summed E-state index contributed by atoms with van der Waals surface area (Å²) in [6, 6.07) is 0.613. The maximum Gasteiger partial charge on any atom is 0.317 e. The minimum Gasteiger partial charge on any atom is -0.341 e. The Bertz CT molecular complexity index is 193. The number of nitrogens with zero attached hydrogens (tertiary/aromatic N) is 1. The topological polar surface area (TPSA) is 44.4 Å². The zero-order valence-corrected chi connectivity index (χ0v) is 8.05. The maximum atomic E-state index is 11.3. The van der Waals surface area contributed by atoms with Crippen molar-refractivity contribution < 1.29 is 4.79 Å². The standard InChI is InChI=1S/C9H17N3O/c1-10-9(13)12-5-7-3-2-4-11-8(7)6-12/h7-8,11H,2-6H2,1H3,(H,10,13)/t7-,8+/m0/s1. The Balaban J connectivity index is 1.94. The second-order valence-corrected chi connectivity index (χ2v) is 3.92. The summed E-state index contributed by atoms with van der Waals surface area (Å²) in [6.45, 7) is 2.92. The molecule has 0 aromatic heterocycles. The van der Waals surface area contributed by atoms with Crippen LogP contribution in [0.3, 0.4) is 0 Å². The number of urea groups is 1. The van der Waals surface area contributed by atoms with Crippen LogP contribution in [0.25, 0.3) is 0 Å². The molecule has 4 nitrogen and oxygen atoms in total. The summed E-state index contributed by atoms with van der Waals surface area (Å²) >= 11 is 0. The van der Waals surface area contributed by atoms with E-state index in [4.69, 9.17) is 0 Å². The number of nitrogens with one attached hydrogen (secondary N) is 2. The summed E-state index contributed by atoms with van der Waals surface area (Å²) in [6.07, 6.45) is 2.52. The Morgan fingerprint density at radius 3 is 3.08 bits per heavy atom. The number of fused-ring (bicyclic) bond motifs is 1. The van der Waals surface area contributed by atoms with Crippen molar-refractivity contribution in [3.05, 3.63) is 0 Å². The Hall–Kier alpha value is -0.770. The Morgan fingerprint density at radius 1 is 1.54 bits per heavy atom.